The van der Waals surface area contributed by atoms with Crippen LogP contribution < -0.4 is 0 Å². The van der Waals surface area contributed by atoms with Crippen molar-refractivity contribution in [3.63, 3.8) is 0 Å². The predicted octanol–water partition coefficient (Wildman–Crippen LogP) is 5.74. The molecule has 1 aromatic carbocycles. The van der Waals surface area contributed by atoms with Crippen LogP contribution in [0, 0.1) is 25.4 Å². The summed E-state index contributed by atoms with van der Waals surface area (Å²) in [5, 5.41) is 18.5. The van der Waals surface area contributed by atoms with Crippen LogP contribution in [-0.4, -0.2) is 54.1 Å². The van der Waals surface area contributed by atoms with E-state index < -0.39 is 6.10 Å². The molecule has 6 nitrogen and oxygen atoms in total. The summed E-state index contributed by atoms with van der Waals surface area (Å²) in [7, 11) is 0. The predicted molar refractivity (Wildman–Crippen MR) is 141 cm³/mol. The highest BCUT2D eigenvalue weighted by Gasteiger charge is 2.17. The molecule has 2 aliphatic heterocycles. The molecule has 0 radical (unpaired) electrons. The molecule has 1 atom stereocenters. The minimum atomic E-state index is -0.892. The average Bonchev–Trinajstić information content (AvgIpc) is 3.35. The van der Waals surface area contributed by atoms with Crippen molar-refractivity contribution in [3.8, 4) is 25.4 Å². The number of aliphatic hydroxyl groups is 2. The Morgan fingerprint density at radius 2 is 1.56 bits per heavy atom. The number of rotatable bonds is 4. The highest BCUT2D eigenvalue weighted by molar-refractivity contribution is 5.63. The highest BCUT2D eigenvalue weighted by atomic mass is 19.1. The van der Waals surface area contributed by atoms with Crippen molar-refractivity contribution >= 4 is 6.21 Å². The smallest absolute Gasteiger partial charge is 0.122 e. The van der Waals surface area contributed by atoms with Crippen molar-refractivity contribution in [2.45, 2.75) is 54.1 Å². The van der Waals surface area contributed by atoms with Gasteiger partial charge in [0.15, 0.2) is 0 Å². The van der Waals surface area contributed by atoms with Gasteiger partial charge < -0.3 is 14.9 Å². The van der Waals surface area contributed by atoms with Crippen LogP contribution in [0.4, 0.5) is 4.39 Å². The van der Waals surface area contributed by atoms with Gasteiger partial charge in [0.1, 0.15) is 24.8 Å². The van der Waals surface area contributed by atoms with Crippen molar-refractivity contribution < 1.29 is 24.2 Å². The van der Waals surface area contributed by atoms with Crippen LogP contribution in [0.15, 0.2) is 65.1 Å². The van der Waals surface area contributed by atoms with E-state index in [0.29, 0.717) is 25.5 Å². The molecule has 0 amide bonds. The van der Waals surface area contributed by atoms with Gasteiger partial charge in [-0.25, -0.2) is 4.39 Å². The highest BCUT2D eigenvalue weighted by Crippen LogP contribution is 2.15. The van der Waals surface area contributed by atoms with Gasteiger partial charge in [0, 0.05) is 24.4 Å². The molecular formula is C27H43FN2O4. The topological polar surface area (TPSA) is 74.5 Å². The fourth-order valence-corrected chi connectivity index (χ4v) is 1.89. The van der Waals surface area contributed by atoms with Gasteiger partial charge in [-0.15, -0.1) is 12.8 Å². The third-order valence-electron chi connectivity index (χ3n) is 3.13. The summed E-state index contributed by atoms with van der Waals surface area (Å²) >= 11 is 0. The number of allylic oxidation sites excluding steroid dienone is 1. The molecule has 0 aliphatic carbocycles. The van der Waals surface area contributed by atoms with Crippen LogP contribution >= 0.6 is 0 Å². The lowest BCUT2D eigenvalue weighted by atomic mass is 10.1. The minimum Gasteiger partial charge on any atom is -0.462 e. The Bertz CT molecular complexity index is 635. The van der Waals surface area contributed by atoms with E-state index in [9.17, 15) is 9.50 Å². The molecule has 0 bridgehead atoms. The van der Waals surface area contributed by atoms with Crippen molar-refractivity contribution in [2.24, 2.45) is 4.99 Å². The normalized spacial score (nSPS) is 13.8. The zero-order chi connectivity index (χ0) is 27.0. The largest absolute Gasteiger partial charge is 0.462 e. The Hall–Kier alpha value is -2.94. The number of hydrogen-bond donors (Lipinski definition) is 2. The Morgan fingerprint density at radius 1 is 1.09 bits per heavy atom. The van der Waals surface area contributed by atoms with Gasteiger partial charge in [-0.1, -0.05) is 84.4 Å². The number of aliphatic imine (C=N–C) groups is 1. The Morgan fingerprint density at radius 3 is 1.97 bits per heavy atom. The van der Waals surface area contributed by atoms with E-state index in [1.165, 1.54) is 24.6 Å². The third-order valence-corrected chi connectivity index (χ3v) is 3.13. The van der Waals surface area contributed by atoms with Crippen molar-refractivity contribution in [1.29, 1.82) is 0 Å². The maximum atomic E-state index is 13.1. The molecule has 192 valence electrons. The van der Waals surface area contributed by atoms with E-state index in [1.54, 1.807) is 5.06 Å². The zero-order valence-electron chi connectivity index (χ0n) is 21.5. The number of benzene rings is 1. The first kappa shape index (κ1) is 38.3. The van der Waals surface area contributed by atoms with Crippen LogP contribution in [0.25, 0.3) is 0 Å². The standard InChI is InChI=1S/C11H15FN2O3.C6H6.C2H2O.3C2H6.C2H2/c12-10-1-2-13-6-9(5-10)11(15)7-17-14-3-4-16-8-14;1-2-4-6-5-3-1;1-2-3;4*1-2/h2,5-6,11,15H,1,3-4,7-8H2;1-6H;1,3H;3*1-2H3;1-2H/t11-;;;;;;/m0....../s1. The lowest BCUT2D eigenvalue weighted by molar-refractivity contribution is -0.176. The van der Waals surface area contributed by atoms with Gasteiger partial charge in [0.2, 0.25) is 0 Å². The molecule has 7 heteroatoms. The first-order valence-corrected chi connectivity index (χ1v) is 11.3. The van der Waals surface area contributed by atoms with E-state index in [0.717, 1.165) is 0 Å². The summed E-state index contributed by atoms with van der Waals surface area (Å²) in [5.74, 6) is -0.318. The Kier molecular flexibility index (Phi) is 39.1. The molecule has 0 aromatic heterocycles. The molecule has 2 aliphatic rings. The Labute approximate surface area is 206 Å². The number of ether oxygens (including phenoxy) is 1. The van der Waals surface area contributed by atoms with E-state index in [1.807, 2.05) is 77.9 Å². The van der Waals surface area contributed by atoms with Crippen LogP contribution in [0.3, 0.4) is 0 Å². The van der Waals surface area contributed by atoms with Gasteiger partial charge in [0.25, 0.3) is 0 Å². The monoisotopic (exact) mass is 478 g/mol. The molecule has 0 spiro atoms. The molecule has 2 heterocycles. The second-order valence-electron chi connectivity index (χ2n) is 5.09. The van der Waals surface area contributed by atoms with E-state index in [4.69, 9.17) is 14.7 Å². The average molecular weight is 479 g/mol. The quantitative estimate of drug-likeness (QED) is 0.540. The molecule has 1 aromatic rings. The van der Waals surface area contributed by atoms with Gasteiger partial charge in [-0.2, -0.15) is 5.06 Å². The molecular weight excluding hydrogens is 435 g/mol. The second-order valence-corrected chi connectivity index (χ2v) is 5.09. The third kappa shape index (κ3) is 25.3. The van der Waals surface area contributed by atoms with Crippen LogP contribution in [0.1, 0.15) is 48.0 Å². The van der Waals surface area contributed by atoms with E-state index in [2.05, 4.69) is 24.3 Å². The summed E-state index contributed by atoms with van der Waals surface area (Å²) < 4.78 is 18.2. The molecule has 0 unspecified atom stereocenters. The van der Waals surface area contributed by atoms with Crippen molar-refractivity contribution in [2.75, 3.05) is 26.5 Å². The first-order chi connectivity index (χ1) is 16.7. The molecule has 0 saturated carbocycles. The number of halogens is 1. The van der Waals surface area contributed by atoms with Gasteiger partial charge in [0.05, 0.1) is 19.8 Å². The van der Waals surface area contributed by atoms with Crippen LogP contribution in [-0.2, 0) is 9.57 Å². The summed E-state index contributed by atoms with van der Waals surface area (Å²) in [5.41, 5.74) is 0.413. The number of hydrogen-bond acceptors (Lipinski definition) is 6. The Balaban J connectivity index is -0.000000219. The van der Waals surface area contributed by atoms with E-state index >= 15 is 0 Å². The minimum absolute atomic E-state index is 0.0640. The maximum absolute atomic E-state index is 13.1. The number of terminal acetylenes is 2. The zero-order valence-corrected chi connectivity index (χ0v) is 21.5. The van der Waals surface area contributed by atoms with Gasteiger partial charge >= 0.3 is 0 Å². The summed E-state index contributed by atoms with van der Waals surface area (Å²) in [4.78, 5) is 9.18. The van der Waals surface area contributed by atoms with Gasteiger partial charge in [-0.3, -0.25) is 9.83 Å². The van der Waals surface area contributed by atoms with Crippen LogP contribution in [0.2, 0.25) is 0 Å². The summed E-state index contributed by atoms with van der Waals surface area (Å²) in [6, 6.07) is 12.0. The first-order valence-electron chi connectivity index (χ1n) is 11.3. The molecule has 34 heavy (non-hydrogen) atoms. The molecule has 2 N–H and O–H groups in total. The SMILES string of the molecule is C#C.C#CO.CC.CC.CC.O[C@@H](CON1CCOC1)C1=CN=CCC(F)=C1.c1ccccc1. The number of nitrogens with zero attached hydrogens (tertiary/aromatic N) is 2. The van der Waals surface area contributed by atoms with Crippen LogP contribution in [0.5, 0.6) is 0 Å². The molecule has 3 rings (SSSR count). The van der Waals surface area contributed by atoms with Crippen molar-refractivity contribution in [3.05, 3.63) is 60.1 Å². The lowest BCUT2D eigenvalue weighted by Crippen LogP contribution is -2.27. The van der Waals surface area contributed by atoms with E-state index in [-0.39, 0.29) is 18.9 Å². The van der Waals surface area contributed by atoms with Gasteiger partial charge in [-0.05, 0) is 6.08 Å². The number of hydroxylamine groups is 2. The molecule has 1 fully saturated rings. The summed E-state index contributed by atoms with van der Waals surface area (Å²) in [6.45, 7) is 13.8. The molecule has 1 saturated heterocycles. The summed E-state index contributed by atoms with van der Waals surface area (Å²) in [6.07, 6.45) is 16.9. The maximum Gasteiger partial charge on any atom is 0.122 e. The number of aliphatic hydroxyl groups excluding tert-OH is 2. The fraction of sp³-hybridized carbons (Fsp3) is 0.444. The second kappa shape index (κ2) is 34.7. The van der Waals surface area contributed by atoms with Crippen molar-refractivity contribution in [1.82, 2.24) is 5.06 Å². The lowest BCUT2D eigenvalue weighted by Gasteiger charge is -2.16. The fourth-order valence-electron chi connectivity index (χ4n) is 1.89.